The summed E-state index contributed by atoms with van der Waals surface area (Å²) >= 11 is 0. The van der Waals surface area contributed by atoms with Gasteiger partial charge in [-0.05, 0) is 54.3 Å². The van der Waals surface area contributed by atoms with Gasteiger partial charge in [0.1, 0.15) is 5.76 Å². The van der Waals surface area contributed by atoms with E-state index in [0.29, 0.717) is 5.89 Å². The number of fused-ring (bicyclic) bond motifs is 1. The van der Waals surface area contributed by atoms with Crippen LogP contribution in [0.4, 0.5) is 0 Å². The molecule has 0 saturated carbocycles. The van der Waals surface area contributed by atoms with Crippen molar-refractivity contribution >= 4 is 10.8 Å². The summed E-state index contributed by atoms with van der Waals surface area (Å²) in [5, 5.41) is 2.35. The predicted octanol–water partition coefficient (Wildman–Crippen LogP) is 5.38. The summed E-state index contributed by atoms with van der Waals surface area (Å²) in [7, 11) is 0. The van der Waals surface area contributed by atoms with Gasteiger partial charge in [0.2, 0.25) is 5.89 Å². The second-order valence-electron chi connectivity index (χ2n) is 8.21. The van der Waals surface area contributed by atoms with Crippen LogP contribution in [0.25, 0.3) is 22.2 Å². The predicted molar refractivity (Wildman–Crippen MR) is 122 cm³/mol. The molecule has 1 aliphatic rings. The van der Waals surface area contributed by atoms with Crippen molar-refractivity contribution in [3.63, 3.8) is 0 Å². The molecule has 4 aromatic rings. The SMILES string of the molecule is Cc1oc(-c2cccc3ccccc23)nc1CN(Cc1ccncc1)CC1CCCO1. The van der Waals surface area contributed by atoms with Crippen molar-refractivity contribution in [3.8, 4) is 11.5 Å². The maximum Gasteiger partial charge on any atom is 0.227 e. The Bertz CT molecular complexity index is 1140. The standard InChI is InChI=1S/C26H27N3O2/c1-19-25(28-26(31-19)24-10-4-7-21-6-2-3-9-23(21)24)18-29(17-22-8-5-15-30-22)16-20-11-13-27-14-12-20/h2-4,6-7,9-14,22H,5,8,15-18H2,1H3. The largest absolute Gasteiger partial charge is 0.441 e. The molecule has 2 aromatic heterocycles. The van der Waals surface area contributed by atoms with Crippen molar-refractivity contribution in [1.82, 2.24) is 14.9 Å². The number of aromatic nitrogens is 2. The topological polar surface area (TPSA) is 51.4 Å². The number of rotatable bonds is 7. The molecule has 1 aliphatic heterocycles. The number of hydrogen-bond acceptors (Lipinski definition) is 5. The zero-order chi connectivity index (χ0) is 21.0. The van der Waals surface area contributed by atoms with E-state index in [-0.39, 0.29) is 6.10 Å². The molecule has 0 aliphatic carbocycles. The van der Waals surface area contributed by atoms with Crippen molar-refractivity contribution in [2.45, 2.75) is 39.0 Å². The van der Waals surface area contributed by atoms with Gasteiger partial charge in [0.05, 0.1) is 11.8 Å². The maximum absolute atomic E-state index is 6.15. The van der Waals surface area contributed by atoms with Crippen LogP contribution in [0.1, 0.15) is 29.9 Å². The number of ether oxygens (including phenoxy) is 1. The summed E-state index contributed by atoms with van der Waals surface area (Å²) in [5.74, 6) is 1.56. The van der Waals surface area contributed by atoms with Crippen LogP contribution >= 0.6 is 0 Å². The molecule has 5 rings (SSSR count). The average Bonchev–Trinajstić information content (AvgIpc) is 3.44. The van der Waals surface area contributed by atoms with Crippen molar-refractivity contribution in [3.05, 3.63) is 84.0 Å². The molecular formula is C26H27N3O2. The third-order valence-electron chi connectivity index (χ3n) is 5.93. The van der Waals surface area contributed by atoms with E-state index in [1.54, 1.807) is 0 Å². The van der Waals surface area contributed by atoms with Crippen LogP contribution in [0.3, 0.4) is 0 Å². The minimum absolute atomic E-state index is 0.284. The molecule has 5 heteroatoms. The molecule has 0 bridgehead atoms. The molecule has 2 aromatic carbocycles. The highest BCUT2D eigenvalue weighted by Gasteiger charge is 2.22. The van der Waals surface area contributed by atoms with Crippen LogP contribution in [-0.2, 0) is 17.8 Å². The number of aryl methyl sites for hydroxylation is 1. The van der Waals surface area contributed by atoms with Gasteiger partial charge in [0.25, 0.3) is 0 Å². The molecule has 0 amide bonds. The Kier molecular flexibility index (Phi) is 5.78. The first kappa shape index (κ1) is 19.9. The molecule has 158 valence electrons. The van der Waals surface area contributed by atoms with E-state index in [2.05, 4.69) is 64.5 Å². The Morgan fingerprint density at radius 2 is 1.84 bits per heavy atom. The lowest BCUT2D eigenvalue weighted by molar-refractivity contribution is 0.0673. The van der Waals surface area contributed by atoms with Crippen LogP contribution in [0.2, 0.25) is 0 Å². The molecular weight excluding hydrogens is 386 g/mol. The lowest BCUT2D eigenvalue weighted by atomic mass is 10.0. The van der Waals surface area contributed by atoms with Crippen molar-refractivity contribution in [2.75, 3.05) is 13.2 Å². The molecule has 31 heavy (non-hydrogen) atoms. The summed E-state index contributed by atoms with van der Waals surface area (Å²) in [6.07, 6.45) is 6.24. The third-order valence-corrected chi connectivity index (χ3v) is 5.93. The van der Waals surface area contributed by atoms with Gasteiger partial charge in [0.15, 0.2) is 0 Å². The first-order valence-electron chi connectivity index (χ1n) is 10.9. The second-order valence-corrected chi connectivity index (χ2v) is 8.21. The average molecular weight is 414 g/mol. The maximum atomic E-state index is 6.15. The number of oxazole rings is 1. The fourth-order valence-electron chi connectivity index (χ4n) is 4.32. The Balaban J connectivity index is 1.42. The van der Waals surface area contributed by atoms with Gasteiger partial charge in [0, 0.05) is 44.2 Å². The van der Waals surface area contributed by atoms with E-state index < -0.39 is 0 Å². The van der Waals surface area contributed by atoms with Crippen LogP contribution in [0.15, 0.2) is 71.4 Å². The van der Waals surface area contributed by atoms with E-state index in [1.807, 2.05) is 19.3 Å². The summed E-state index contributed by atoms with van der Waals surface area (Å²) in [6, 6.07) is 18.8. The molecule has 0 spiro atoms. The normalized spacial score (nSPS) is 16.4. The molecule has 5 nitrogen and oxygen atoms in total. The molecule has 0 radical (unpaired) electrons. The number of benzene rings is 2. The Morgan fingerprint density at radius 3 is 2.68 bits per heavy atom. The smallest absolute Gasteiger partial charge is 0.227 e. The molecule has 0 N–H and O–H groups in total. The zero-order valence-corrected chi connectivity index (χ0v) is 17.8. The quantitative estimate of drug-likeness (QED) is 0.407. The lowest BCUT2D eigenvalue weighted by Crippen LogP contribution is -2.31. The Morgan fingerprint density at radius 1 is 1.00 bits per heavy atom. The molecule has 3 heterocycles. The fourth-order valence-corrected chi connectivity index (χ4v) is 4.32. The summed E-state index contributed by atoms with van der Waals surface area (Å²) in [5.41, 5.74) is 3.26. The minimum Gasteiger partial charge on any atom is -0.441 e. The summed E-state index contributed by atoms with van der Waals surface area (Å²) < 4.78 is 12.1. The van der Waals surface area contributed by atoms with Gasteiger partial charge in [-0.1, -0.05) is 36.4 Å². The summed E-state index contributed by atoms with van der Waals surface area (Å²) in [4.78, 5) is 11.5. The first-order valence-corrected chi connectivity index (χ1v) is 10.9. The fraction of sp³-hybridized carbons (Fsp3) is 0.308. The van der Waals surface area contributed by atoms with Gasteiger partial charge < -0.3 is 9.15 Å². The number of pyridine rings is 1. The van der Waals surface area contributed by atoms with Crippen LogP contribution in [-0.4, -0.2) is 34.1 Å². The van der Waals surface area contributed by atoms with Gasteiger partial charge in [-0.25, -0.2) is 4.98 Å². The van der Waals surface area contributed by atoms with Gasteiger partial charge >= 0.3 is 0 Å². The highest BCUT2D eigenvalue weighted by atomic mass is 16.5. The van der Waals surface area contributed by atoms with Crippen molar-refractivity contribution in [2.24, 2.45) is 0 Å². The molecule has 1 saturated heterocycles. The van der Waals surface area contributed by atoms with E-state index in [1.165, 1.54) is 10.9 Å². The highest BCUT2D eigenvalue weighted by Crippen LogP contribution is 2.30. The van der Waals surface area contributed by atoms with Gasteiger partial charge in [-0.2, -0.15) is 0 Å². The highest BCUT2D eigenvalue weighted by molar-refractivity contribution is 5.94. The Hall–Kier alpha value is -3.02. The van der Waals surface area contributed by atoms with Gasteiger partial charge in [-0.15, -0.1) is 0 Å². The van der Waals surface area contributed by atoms with E-state index >= 15 is 0 Å². The monoisotopic (exact) mass is 413 g/mol. The molecule has 1 fully saturated rings. The molecule has 1 unspecified atom stereocenters. The first-order chi connectivity index (χ1) is 15.3. The zero-order valence-electron chi connectivity index (χ0n) is 17.8. The second kappa shape index (κ2) is 9.00. The molecule has 1 atom stereocenters. The Labute approximate surface area is 182 Å². The minimum atomic E-state index is 0.284. The van der Waals surface area contributed by atoms with Gasteiger partial charge in [-0.3, -0.25) is 9.88 Å². The third kappa shape index (κ3) is 4.53. The van der Waals surface area contributed by atoms with Crippen molar-refractivity contribution < 1.29 is 9.15 Å². The van der Waals surface area contributed by atoms with Crippen LogP contribution < -0.4 is 0 Å². The van der Waals surface area contributed by atoms with Crippen LogP contribution in [0, 0.1) is 6.92 Å². The van der Waals surface area contributed by atoms with Crippen LogP contribution in [0.5, 0.6) is 0 Å². The van der Waals surface area contributed by atoms with E-state index in [9.17, 15) is 0 Å². The summed E-state index contributed by atoms with van der Waals surface area (Å²) in [6.45, 7) is 5.31. The van der Waals surface area contributed by atoms with E-state index in [4.69, 9.17) is 14.1 Å². The number of hydrogen-bond donors (Lipinski definition) is 0. The van der Waals surface area contributed by atoms with E-state index in [0.717, 1.165) is 61.5 Å². The van der Waals surface area contributed by atoms with Crippen molar-refractivity contribution in [1.29, 1.82) is 0 Å². The lowest BCUT2D eigenvalue weighted by Gasteiger charge is -2.24. The number of nitrogens with zero attached hydrogens (tertiary/aromatic N) is 3.